The van der Waals surface area contributed by atoms with E-state index in [-0.39, 0.29) is 17.7 Å². The van der Waals surface area contributed by atoms with Crippen LogP contribution in [-0.2, 0) is 20.9 Å². The Hall–Kier alpha value is -1.82. The number of piperidine rings is 1. The largest absolute Gasteiger partial charge is 0.467 e. The van der Waals surface area contributed by atoms with Gasteiger partial charge in [0.2, 0.25) is 11.8 Å². The van der Waals surface area contributed by atoms with Gasteiger partial charge in [0, 0.05) is 26.1 Å². The zero-order chi connectivity index (χ0) is 14.2. The lowest BCUT2D eigenvalue weighted by Gasteiger charge is -2.21. The molecule has 1 aliphatic rings. The van der Waals surface area contributed by atoms with Crippen LogP contribution in [0.15, 0.2) is 22.8 Å². The molecule has 1 atom stereocenters. The molecule has 0 radical (unpaired) electrons. The summed E-state index contributed by atoms with van der Waals surface area (Å²) in [5.74, 6) is 0.736. The van der Waals surface area contributed by atoms with Crippen molar-refractivity contribution in [1.29, 1.82) is 0 Å². The molecule has 0 saturated carbocycles. The van der Waals surface area contributed by atoms with Gasteiger partial charge in [-0.2, -0.15) is 0 Å². The molecule has 6 heteroatoms. The van der Waals surface area contributed by atoms with E-state index < -0.39 is 0 Å². The molecule has 1 aliphatic heterocycles. The Morgan fingerprint density at radius 3 is 3.15 bits per heavy atom. The molecule has 2 rings (SSSR count). The zero-order valence-electron chi connectivity index (χ0n) is 11.4. The van der Waals surface area contributed by atoms with Crippen LogP contribution in [0.3, 0.4) is 0 Å². The molecule has 20 heavy (non-hydrogen) atoms. The fraction of sp³-hybridized carbons (Fsp3) is 0.571. The van der Waals surface area contributed by atoms with Gasteiger partial charge in [-0.15, -0.1) is 0 Å². The quantitative estimate of drug-likeness (QED) is 0.725. The fourth-order valence-corrected chi connectivity index (χ4v) is 2.05. The lowest BCUT2D eigenvalue weighted by molar-refractivity contribution is -0.128. The third-order valence-electron chi connectivity index (χ3n) is 3.23. The second kappa shape index (κ2) is 7.69. The van der Waals surface area contributed by atoms with Gasteiger partial charge in [-0.3, -0.25) is 9.59 Å². The molecule has 1 aromatic rings. The normalized spacial score (nSPS) is 18.6. The van der Waals surface area contributed by atoms with Crippen LogP contribution in [0, 0.1) is 5.92 Å². The van der Waals surface area contributed by atoms with E-state index in [9.17, 15) is 9.59 Å². The van der Waals surface area contributed by atoms with Crippen LogP contribution in [0.5, 0.6) is 0 Å². The molecule has 1 saturated heterocycles. The maximum absolute atomic E-state index is 11.8. The minimum absolute atomic E-state index is 0.0102. The van der Waals surface area contributed by atoms with E-state index in [1.54, 1.807) is 6.26 Å². The minimum Gasteiger partial charge on any atom is -0.467 e. The number of carbonyl (C=O) groups excluding carboxylic acids is 2. The van der Waals surface area contributed by atoms with Crippen LogP contribution in [0.4, 0.5) is 0 Å². The molecule has 1 fully saturated rings. The van der Waals surface area contributed by atoms with Gasteiger partial charge in [0.05, 0.1) is 12.2 Å². The number of nitrogens with one attached hydrogen (secondary N) is 2. The van der Waals surface area contributed by atoms with Crippen LogP contribution < -0.4 is 10.6 Å². The van der Waals surface area contributed by atoms with E-state index in [1.807, 2.05) is 12.1 Å². The van der Waals surface area contributed by atoms with Crippen molar-refractivity contribution in [3.8, 4) is 0 Å². The van der Waals surface area contributed by atoms with E-state index in [2.05, 4.69) is 10.6 Å². The molecule has 0 spiro atoms. The van der Waals surface area contributed by atoms with Crippen LogP contribution in [0.2, 0.25) is 0 Å². The van der Waals surface area contributed by atoms with Crippen LogP contribution in [0.1, 0.15) is 25.0 Å². The van der Waals surface area contributed by atoms with E-state index in [0.29, 0.717) is 39.1 Å². The number of amides is 2. The lowest BCUT2D eigenvalue weighted by atomic mass is 9.98. The van der Waals surface area contributed by atoms with E-state index in [4.69, 9.17) is 9.15 Å². The average Bonchev–Trinajstić information content (AvgIpc) is 2.96. The molecule has 0 bridgehead atoms. The first-order valence-electron chi connectivity index (χ1n) is 6.90. The molecular formula is C14H20N2O4. The van der Waals surface area contributed by atoms with E-state index >= 15 is 0 Å². The number of furan rings is 1. The maximum atomic E-state index is 11.8. The topological polar surface area (TPSA) is 80.6 Å². The van der Waals surface area contributed by atoms with Gasteiger partial charge in [-0.1, -0.05) is 0 Å². The third kappa shape index (κ3) is 4.70. The van der Waals surface area contributed by atoms with Crippen molar-refractivity contribution in [2.24, 2.45) is 5.92 Å². The number of hydrogen-bond donors (Lipinski definition) is 2. The molecule has 2 N–H and O–H groups in total. The van der Waals surface area contributed by atoms with Gasteiger partial charge < -0.3 is 19.8 Å². The predicted molar refractivity (Wildman–Crippen MR) is 71.7 cm³/mol. The third-order valence-corrected chi connectivity index (χ3v) is 3.23. The van der Waals surface area contributed by atoms with Gasteiger partial charge in [-0.25, -0.2) is 0 Å². The van der Waals surface area contributed by atoms with Gasteiger partial charge >= 0.3 is 0 Å². The van der Waals surface area contributed by atoms with Crippen LogP contribution in [-0.4, -0.2) is 31.5 Å². The first-order chi connectivity index (χ1) is 9.75. The Balaban J connectivity index is 1.50. The zero-order valence-corrected chi connectivity index (χ0v) is 11.4. The molecule has 0 aromatic carbocycles. The van der Waals surface area contributed by atoms with E-state index in [1.165, 1.54) is 0 Å². The summed E-state index contributed by atoms with van der Waals surface area (Å²) in [5, 5.41) is 5.57. The van der Waals surface area contributed by atoms with Crippen molar-refractivity contribution < 1.29 is 18.7 Å². The summed E-state index contributed by atoms with van der Waals surface area (Å²) < 4.78 is 10.6. The standard InChI is InChI=1S/C14H20N2O4/c17-13-5-4-11(9-16-13)14(18)15-6-2-7-19-10-12-3-1-8-20-12/h1,3,8,11H,2,4-7,9-10H2,(H,15,18)(H,16,17). The molecule has 110 valence electrons. The second-order valence-electron chi connectivity index (χ2n) is 4.82. The molecule has 1 aromatic heterocycles. The fourth-order valence-electron chi connectivity index (χ4n) is 2.05. The van der Waals surface area contributed by atoms with Gasteiger partial charge in [0.1, 0.15) is 12.4 Å². The smallest absolute Gasteiger partial charge is 0.224 e. The number of carbonyl (C=O) groups is 2. The summed E-state index contributed by atoms with van der Waals surface area (Å²) in [6.07, 6.45) is 3.43. The van der Waals surface area contributed by atoms with Crippen molar-refractivity contribution >= 4 is 11.8 Å². The summed E-state index contributed by atoms with van der Waals surface area (Å²) >= 11 is 0. The van der Waals surface area contributed by atoms with Crippen molar-refractivity contribution in [3.05, 3.63) is 24.2 Å². The predicted octanol–water partition coefficient (Wildman–Crippen LogP) is 0.829. The molecule has 6 nitrogen and oxygen atoms in total. The minimum atomic E-state index is -0.100. The number of rotatable bonds is 7. The van der Waals surface area contributed by atoms with Gasteiger partial charge in [0.25, 0.3) is 0 Å². The highest BCUT2D eigenvalue weighted by molar-refractivity contribution is 5.83. The SMILES string of the molecule is O=C1CCC(C(=O)NCCCOCc2ccco2)CN1. The highest BCUT2D eigenvalue weighted by Gasteiger charge is 2.23. The lowest BCUT2D eigenvalue weighted by Crippen LogP contribution is -2.43. The first-order valence-corrected chi connectivity index (χ1v) is 6.90. The molecule has 2 amide bonds. The summed E-state index contributed by atoms with van der Waals surface area (Å²) in [7, 11) is 0. The summed E-state index contributed by atoms with van der Waals surface area (Å²) in [6.45, 7) is 2.05. The summed E-state index contributed by atoms with van der Waals surface area (Å²) in [4.78, 5) is 22.8. The highest BCUT2D eigenvalue weighted by atomic mass is 16.5. The Bertz CT molecular complexity index is 420. The Morgan fingerprint density at radius 1 is 1.55 bits per heavy atom. The summed E-state index contributed by atoms with van der Waals surface area (Å²) in [6, 6.07) is 3.68. The van der Waals surface area contributed by atoms with Gasteiger partial charge in [0.15, 0.2) is 0 Å². The summed E-state index contributed by atoms with van der Waals surface area (Å²) in [5.41, 5.74) is 0. The molecule has 1 unspecified atom stereocenters. The average molecular weight is 280 g/mol. The van der Waals surface area contributed by atoms with Crippen LogP contribution >= 0.6 is 0 Å². The Morgan fingerprint density at radius 2 is 2.45 bits per heavy atom. The number of hydrogen-bond acceptors (Lipinski definition) is 4. The van der Waals surface area contributed by atoms with Crippen LogP contribution in [0.25, 0.3) is 0 Å². The van der Waals surface area contributed by atoms with Crippen molar-refractivity contribution in [2.75, 3.05) is 19.7 Å². The van der Waals surface area contributed by atoms with Crippen molar-refractivity contribution in [2.45, 2.75) is 25.9 Å². The molecular weight excluding hydrogens is 260 g/mol. The van der Waals surface area contributed by atoms with E-state index in [0.717, 1.165) is 12.2 Å². The van der Waals surface area contributed by atoms with Crippen molar-refractivity contribution in [1.82, 2.24) is 10.6 Å². The molecule has 2 heterocycles. The first kappa shape index (κ1) is 14.6. The van der Waals surface area contributed by atoms with Crippen molar-refractivity contribution in [3.63, 3.8) is 0 Å². The maximum Gasteiger partial charge on any atom is 0.224 e. The molecule has 0 aliphatic carbocycles. The Labute approximate surface area is 117 Å². The Kier molecular flexibility index (Phi) is 5.61. The monoisotopic (exact) mass is 280 g/mol. The van der Waals surface area contributed by atoms with Gasteiger partial charge in [-0.05, 0) is 25.0 Å². The number of ether oxygens (including phenoxy) is 1. The second-order valence-corrected chi connectivity index (χ2v) is 4.82. The highest BCUT2D eigenvalue weighted by Crippen LogP contribution is 2.10.